The molecule has 5 N–H and O–H groups in total. The van der Waals surface area contributed by atoms with Crippen molar-refractivity contribution in [3.63, 3.8) is 0 Å². The summed E-state index contributed by atoms with van der Waals surface area (Å²) in [7, 11) is 0. The van der Waals surface area contributed by atoms with Crippen molar-refractivity contribution in [2.75, 3.05) is 11.5 Å². The molecule has 76 valence electrons. The van der Waals surface area contributed by atoms with E-state index in [2.05, 4.69) is 0 Å². The zero-order valence-electron chi connectivity index (χ0n) is 8.14. The van der Waals surface area contributed by atoms with Crippen LogP contribution >= 0.6 is 0 Å². The Morgan fingerprint density at radius 3 is 2.33 bits per heavy atom. The van der Waals surface area contributed by atoms with Crippen molar-refractivity contribution in [1.29, 1.82) is 0 Å². The quantitative estimate of drug-likeness (QED) is 0.488. The first-order valence-corrected chi connectivity index (χ1v) is 4.62. The highest BCUT2D eigenvalue weighted by molar-refractivity contribution is 5.81. The Balaban J connectivity index is 2.64. The molecule has 0 radical (unpaired) electrons. The second kappa shape index (κ2) is 3.53. The molecule has 2 aromatic rings. The summed E-state index contributed by atoms with van der Waals surface area (Å²) in [6.45, 7) is 0. The van der Waals surface area contributed by atoms with E-state index in [1.807, 2.05) is 18.2 Å². The number of aromatic hydroxyl groups is 1. The molecule has 0 unspecified atom stereocenters. The van der Waals surface area contributed by atoms with Crippen LogP contribution in [-0.4, -0.2) is 5.11 Å². The molecular weight excluding hydrogens is 188 g/mol. The van der Waals surface area contributed by atoms with Crippen molar-refractivity contribution in [2.45, 2.75) is 0 Å². The largest absolute Gasteiger partial charge is 0.507 e. The van der Waals surface area contributed by atoms with Crippen molar-refractivity contribution in [3.8, 4) is 16.9 Å². The number of phenols is 1. The minimum absolute atomic E-state index is 0.183. The SMILES string of the molecule is Nc1ccc(O)c(-c2ccccc2N)c1. The van der Waals surface area contributed by atoms with Crippen LogP contribution in [0.25, 0.3) is 11.1 Å². The van der Waals surface area contributed by atoms with Crippen molar-refractivity contribution in [2.24, 2.45) is 0 Å². The van der Waals surface area contributed by atoms with Crippen molar-refractivity contribution < 1.29 is 5.11 Å². The number of benzene rings is 2. The average Bonchev–Trinajstić information content (AvgIpc) is 2.23. The fourth-order valence-electron chi connectivity index (χ4n) is 1.51. The van der Waals surface area contributed by atoms with Gasteiger partial charge in [-0.2, -0.15) is 0 Å². The first-order valence-electron chi connectivity index (χ1n) is 4.62. The van der Waals surface area contributed by atoms with Crippen LogP contribution in [0.2, 0.25) is 0 Å². The van der Waals surface area contributed by atoms with E-state index in [1.54, 1.807) is 24.3 Å². The number of phenolic OH excluding ortho intramolecular Hbond substituents is 1. The molecular formula is C12H12N2O. The summed E-state index contributed by atoms with van der Waals surface area (Å²) in [6, 6.07) is 12.3. The zero-order valence-corrected chi connectivity index (χ0v) is 8.14. The second-order valence-corrected chi connectivity index (χ2v) is 3.36. The Labute approximate surface area is 88.0 Å². The monoisotopic (exact) mass is 200 g/mol. The molecule has 0 saturated carbocycles. The molecule has 0 aromatic heterocycles. The van der Waals surface area contributed by atoms with Gasteiger partial charge in [0, 0.05) is 22.5 Å². The summed E-state index contributed by atoms with van der Waals surface area (Å²) >= 11 is 0. The van der Waals surface area contributed by atoms with Crippen LogP contribution in [0.3, 0.4) is 0 Å². The zero-order chi connectivity index (χ0) is 10.8. The molecule has 2 aromatic carbocycles. The molecule has 0 aliphatic rings. The molecule has 3 heteroatoms. The molecule has 0 saturated heterocycles. The molecule has 15 heavy (non-hydrogen) atoms. The van der Waals surface area contributed by atoms with Gasteiger partial charge >= 0.3 is 0 Å². The van der Waals surface area contributed by atoms with Gasteiger partial charge in [-0.05, 0) is 24.3 Å². The van der Waals surface area contributed by atoms with Crippen LogP contribution in [0.5, 0.6) is 5.75 Å². The van der Waals surface area contributed by atoms with Gasteiger partial charge in [-0.25, -0.2) is 0 Å². The Bertz CT molecular complexity index is 495. The highest BCUT2D eigenvalue weighted by atomic mass is 16.3. The van der Waals surface area contributed by atoms with Crippen LogP contribution in [0, 0.1) is 0 Å². The number of hydrogen-bond donors (Lipinski definition) is 3. The van der Waals surface area contributed by atoms with E-state index in [1.165, 1.54) is 0 Å². The van der Waals surface area contributed by atoms with Gasteiger partial charge in [0.05, 0.1) is 0 Å². The molecule has 0 amide bonds. The van der Waals surface area contributed by atoms with E-state index in [4.69, 9.17) is 11.5 Å². The molecule has 0 aliphatic carbocycles. The van der Waals surface area contributed by atoms with E-state index in [0.29, 0.717) is 16.9 Å². The molecule has 2 rings (SSSR count). The smallest absolute Gasteiger partial charge is 0.123 e. The summed E-state index contributed by atoms with van der Waals surface area (Å²) in [4.78, 5) is 0. The fourth-order valence-corrected chi connectivity index (χ4v) is 1.51. The third kappa shape index (κ3) is 1.72. The summed E-state index contributed by atoms with van der Waals surface area (Å²) in [5.74, 6) is 0.183. The first kappa shape index (κ1) is 9.40. The maximum atomic E-state index is 9.70. The van der Waals surface area contributed by atoms with E-state index in [0.717, 1.165) is 5.56 Å². The molecule has 0 heterocycles. The van der Waals surface area contributed by atoms with Gasteiger partial charge < -0.3 is 16.6 Å². The van der Waals surface area contributed by atoms with Gasteiger partial charge in [0.1, 0.15) is 5.75 Å². The van der Waals surface area contributed by atoms with Gasteiger partial charge in [-0.1, -0.05) is 18.2 Å². The standard InChI is InChI=1S/C12H12N2O/c13-8-5-6-12(15)10(7-8)9-3-1-2-4-11(9)14/h1-7,15H,13-14H2. The molecule has 0 aliphatic heterocycles. The second-order valence-electron chi connectivity index (χ2n) is 3.36. The Morgan fingerprint density at radius 1 is 0.867 bits per heavy atom. The number of nitrogens with two attached hydrogens (primary N) is 2. The summed E-state index contributed by atoms with van der Waals surface area (Å²) in [6.07, 6.45) is 0. The molecule has 3 nitrogen and oxygen atoms in total. The highest BCUT2D eigenvalue weighted by Gasteiger charge is 2.06. The fraction of sp³-hybridized carbons (Fsp3) is 0. The summed E-state index contributed by atoms with van der Waals surface area (Å²) in [5, 5.41) is 9.70. The normalized spacial score (nSPS) is 10.1. The van der Waals surface area contributed by atoms with Gasteiger partial charge in [-0.15, -0.1) is 0 Å². The summed E-state index contributed by atoms with van der Waals surface area (Å²) in [5.41, 5.74) is 14.2. The van der Waals surface area contributed by atoms with Crippen LogP contribution in [0.1, 0.15) is 0 Å². The van der Waals surface area contributed by atoms with Gasteiger partial charge in [0.15, 0.2) is 0 Å². The molecule has 0 spiro atoms. The maximum Gasteiger partial charge on any atom is 0.123 e. The van der Waals surface area contributed by atoms with Gasteiger partial charge in [0.25, 0.3) is 0 Å². The average molecular weight is 200 g/mol. The Morgan fingerprint density at radius 2 is 1.60 bits per heavy atom. The lowest BCUT2D eigenvalue weighted by Crippen LogP contribution is -1.91. The Kier molecular flexibility index (Phi) is 2.21. The number of rotatable bonds is 1. The van der Waals surface area contributed by atoms with Crippen molar-refractivity contribution >= 4 is 11.4 Å². The molecule has 0 bridgehead atoms. The minimum Gasteiger partial charge on any atom is -0.507 e. The first-order chi connectivity index (χ1) is 7.18. The number of nitrogen functional groups attached to an aromatic ring is 2. The van der Waals surface area contributed by atoms with Gasteiger partial charge in [0.2, 0.25) is 0 Å². The Hall–Kier alpha value is -2.16. The lowest BCUT2D eigenvalue weighted by atomic mass is 10.0. The van der Waals surface area contributed by atoms with Crippen LogP contribution in [-0.2, 0) is 0 Å². The van der Waals surface area contributed by atoms with Crippen molar-refractivity contribution in [1.82, 2.24) is 0 Å². The molecule has 0 fully saturated rings. The van der Waals surface area contributed by atoms with Crippen molar-refractivity contribution in [3.05, 3.63) is 42.5 Å². The lowest BCUT2D eigenvalue weighted by molar-refractivity contribution is 0.477. The van der Waals surface area contributed by atoms with E-state index >= 15 is 0 Å². The third-order valence-corrected chi connectivity index (χ3v) is 2.27. The van der Waals surface area contributed by atoms with E-state index in [9.17, 15) is 5.11 Å². The minimum atomic E-state index is 0.183. The number of para-hydroxylation sites is 1. The lowest BCUT2D eigenvalue weighted by Gasteiger charge is -2.08. The van der Waals surface area contributed by atoms with Gasteiger partial charge in [-0.3, -0.25) is 0 Å². The maximum absolute atomic E-state index is 9.70. The highest BCUT2D eigenvalue weighted by Crippen LogP contribution is 2.34. The molecule has 0 atom stereocenters. The number of anilines is 2. The topological polar surface area (TPSA) is 72.3 Å². The van der Waals surface area contributed by atoms with Crippen LogP contribution in [0.4, 0.5) is 11.4 Å². The summed E-state index contributed by atoms with van der Waals surface area (Å²) < 4.78 is 0. The third-order valence-electron chi connectivity index (χ3n) is 2.27. The van der Waals surface area contributed by atoms with E-state index < -0.39 is 0 Å². The predicted molar refractivity (Wildman–Crippen MR) is 62.4 cm³/mol. The van der Waals surface area contributed by atoms with Crippen LogP contribution < -0.4 is 11.5 Å². The van der Waals surface area contributed by atoms with Crippen LogP contribution in [0.15, 0.2) is 42.5 Å². The number of hydrogen-bond acceptors (Lipinski definition) is 3. The predicted octanol–water partition coefficient (Wildman–Crippen LogP) is 2.22. The van der Waals surface area contributed by atoms with E-state index in [-0.39, 0.29) is 5.75 Å².